The first-order valence-corrected chi connectivity index (χ1v) is 5.97. The van der Waals surface area contributed by atoms with E-state index in [1.165, 1.54) is 0 Å². The topological polar surface area (TPSA) is 37.4 Å². The molecule has 0 saturated carbocycles. The van der Waals surface area contributed by atoms with Crippen LogP contribution < -0.4 is 0 Å². The molecule has 2 aliphatic rings. The van der Waals surface area contributed by atoms with E-state index < -0.39 is 0 Å². The lowest BCUT2D eigenvalue weighted by atomic mass is 9.99. The highest BCUT2D eigenvalue weighted by Crippen LogP contribution is 2.27. The second-order valence-corrected chi connectivity index (χ2v) is 4.34. The van der Waals surface area contributed by atoms with E-state index in [2.05, 4.69) is 6.92 Å². The van der Waals surface area contributed by atoms with Gasteiger partial charge in [-0.3, -0.25) is 9.59 Å². The van der Waals surface area contributed by atoms with Crippen LogP contribution in [0, 0.1) is 0 Å². The molecule has 2 rings (SSSR count). The number of rotatable bonds is 4. The summed E-state index contributed by atoms with van der Waals surface area (Å²) < 4.78 is 0. The first kappa shape index (κ1) is 11.1. The molecule has 1 heterocycles. The van der Waals surface area contributed by atoms with Crippen molar-refractivity contribution in [2.45, 2.75) is 38.6 Å². The van der Waals surface area contributed by atoms with Crippen molar-refractivity contribution in [3.8, 4) is 0 Å². The summed E-state index contributed by atoms with van der Waals surface area (Å²) in [4.78, 5) is 25.2. The first-order valence-electron chi connectivity index (χ1n) is 5.97. The molecule has 0 spiro atoms. The molecule has 0 N–H and O–H groups in total. The van der Waals surface area contributed by atoms with Crippen LogP contribution in [0.25, 0.3) is 0 Å². The summed E-state index contributed by atoms with van der Waals surface area (Å²) in [5.74, 6) is -0.609. The van der Waals surface area contributed by atoms with Gasteiger partial charge in [0.2, 0.25) is 5.78 Å². The third-order valence-corrected chi connectivity index (χ3v) is 3.23. The number of hydrogen-bond acceptors (Lipinski definition) is 2. The molecule has 0 bridgehead atoms. The van der Waals surface area contributed by atoms with Crippen LogP contribution in [0.2, 0.25) is 0 Å². The number of likely N-dealkylation sites (tertiary alicyclic amines) is 1. The SMILES string of the molecule is CCCCCN1C(=O)C(=O)C2=CC=CCC21. The summed E-state index contributed by atoms with van der Waals surface area (Å²) in [6, 6.07) is 0.0156. The number of fused-ring (bicyclic) bond motifs is 1. The standard InChI is InChI=1S/C13H17NO2/c1-2-3-6-9-14-11-8-5-4-7-10(11)12(15)13(14)16/h4-5,7,11H,2-3,6,8-9H2,1H3. The molecule has 3 heteroatoms. The zero-order valence-corrected chi connectivity index (χ0v) is 9.61. The average Bonchev–Trinajstić information content (AvgIpc) is 2.55. The van der Waals surface area contributed by atoms with E-state index in [9.17, 15) is 9.59 Å². The molecular weight excluding hydrogens is 202 g/mol. The highest BCUT2D eigenvalue weighted by atomic mass is 16.2. The van der Waals surface area contributed by atoms with Gasteiger partial charge in [0.05, 0.1) is 6.04 Å². The Morgan fingerprint density at radius 2 is 2.19 bits per heavy atom. The van der Waals surface area contributed by atoms with E-state index >= 15 is 0 Å². The zero-order valence-electron chi connectivity index (χ0n) is 9.61. The number of nitrogens with zero attached hydrogens (tertiary/aromatic N) is 1. The van der Waals surface area contributed by atoms with E-state index in [1.807, 2.05) is 12.2 Å². The van der Waals surface area contributed by atoms with Crippen molar-refractivity contribution in [2.24, 2.45) is 0 Å². The molecule has 1 aliphatic heterocycles. The molecule has 1 saturated heterocycles. The maximum Gasteiger partial charge on any atom is 0.295 e. The van der Waals surface area contributed by atoms with E-state index in [0.29, 0.717) is 12.1 Å². The van der Waals surface area contributed by atoms with E-state index in [1.54, 1.807) is 11.0 Å². The molecule has 3 nitrogen and oxygen atoms in total. The number of allylic oxidation sites excluding steroid dienone is 2. The lowest BCUT2D eigenvalue weighted by Crippen LogP contribution is -2.35. The molecule has 16 heavy (non-hydrogen) atoms. The number of hydrogen-bond donors (Lipinski definition) is 0. The van der Waals surface area contributed by atoms with Gasteiger partial charge < -0.3 is 4.90 Å². The minimum Gasteiger partial charge on any atom is -0.328 e. The van der Waals surface area contributed by atoms with Crippen molar-refractivity contribution in [2.75, 3.05) is 6.54 Å². The van der Waals surface area contributed by atoms with Gasteiger partial charge in [0.25, 0.3) is 5.91 Å². The van der Waals surface area contributed by atoms with Gasteiger partial charge in [0, 0.05) is 12.1 Å². The predicted molar refractivity (Wildman–Crippen MR) is 61.9 cm³/mol. The second-order valence-electron chi connectivity index (χ2n) is 4.34. The number of ketones is 1. The lowest BCUT2D eigenvalue weighted by molar-refractivity contribution is -0.139. The molecule has 1 atom stereocenters. The van der Waals surface area contributed by atoms with Gasteiger partial charge in [-0.05, 0) is 12.8 Å². The molecule has 1 fully saturated rings. The lowest BCUT2D eigenvalue weighted by Gasteiger charge is -2.24. The second kappa shape index (κ2) is 4.64. The highest BCUT2D eigenvalue weighted by molar-refractivity contribution is 6.45. The summed E-state index contributed by atoms with van der Waals surface area (Å²) in [7, 11) is 0. The summed E-state index contributed by atoms with van der Waals surface area (Å²) >= 11 is 0. The van der Waals surface area contributed by atoms with Crippen molar-refractivity contribution < 1.29 is 9.59 Å². The quantitative estimate of drug-likeness (QED) is 0.534. The number of Topliss-reactive ketones (excluding diaryl/α,β-unsaturated/α-hetero) is 1. The van der Waals surface area contributed by atoms with Crippen LogP contribution >= 0.6 is 0 Å². The zero-order chi connectivity index (χ0) is 11.5. The molecule has 1 aliphatic carbocycles. The third-order valence-electron chi connectivity index (χ3n) is 3.23. The first-order chi connectivity index (χ1) is 7.75. The molecule has 0 aromatic carbocycles. The summed E-state index contributed by atoms with van der Waals surface area (Å²) in [5, 5.41) is 0. The number of unbranched alkanes of at least 4 members (excludes halogenated alkanes) is 2. The van der Waals surface area contributed by atoms with Crippen molar-refractivity contribution in [3.05, 3.63) is 23.8 Å². The minimum absolute atomic E-state index is 0.0156. The minimum atomic E-state index is -0.309. The molecular formula is C13H17NO2. The summed E-state index contributed by atoms with van der Waals surface area (Å²) in [5.41, 5.74) is 0.684. The van der Waals surface area contributed by atoms with Gasteiger partial charge >= 0.3 is 0 Å². The van der Waals surface area contributed by atoms with Gasteiger partial charge in [0.15, 0.2) is 0 Å². The van der Waals surface area contributed by atoms with E-state index in [0.717, 1.165) is 25.7 Å². The van der Waals surface area contributed by atoms with Gasteiger partial charge in [-0.2, -0.15) is 0 Å². The van der Waals surface area contributed by atoms with Crippen LogP contribution in [0.3, 0.4) is 0 Å². The number of amides is 1. The average molecular weight is 219 g/mol. The molecule has 1 amide bonds. The van der Waals surface area contributed by atoms with Crippen LogP contribution in [0.5, 0.6) is 0 Å². The van der Waals surface area contributed by atoms with Gasteiger partial charge in [-0.15, -0.1) is 0 Å². The molecule has 86 valence electrons. The Hall–Kier alpha value is -1.38. The van der Waals surface area contributed by atoms with Crippen LogP contribution in [0.4, 0.5) is 0 Å². The van der Waals surface area contributed by atoms with Gasteiger partial charge in [-0.25, -0.2) is 0 Å². The van der Waals surface area contributed by atoms with Crippen LogP contribution in [-0.4, -0.2) is 29.2 Å². The maximum absolute atomic E-state index is 11.8. The molecule has 0 aromatic heterocycles. The number of carbonyl (C=O) groups is 2. The summed E-state index contributed by atoms with van der Waals surface area (Å²) in [6.07, 6.45) is 9.69. The normalized spacial score (nSPS) is 23.7. The third kappa shape index (κ3) is 1.82. The Labute approximate surface area is 95.8 Å². The molecule has 1 unspecified atom stereocenters. The monoisotopic (exact) mass is 219 g/mol. The Kier molecular flexibility index (Phi) is 3.22. The van der Waals surface area contributed by atoms with E-state index in [4.69, 9.17) is 0 Å². The number of carbonyl (C=O) groups excluding carboxylic acids is 2. The largest absolute Gasteiger partial charge is 0.328 e. The Morgan fingerprint density at radius 1 is 1.38 bits per heavy atom. The summed E-state index contributed by atoms with van der Waals surface area (Å²) in [6.45, 7) is 2.85. The Bertz CT molecular complexity index is 368. The maximum atomic E-state index is 11.8. The van der Waals surface area contributed by atoms with E-state index in [-0.39, 0.29) is 17.7 Å². The Morgan fingerprint density at radius 3 is 2.94 bits per heavy atom. The van der Waals surface area contributed by atoms with Gasteiger partial charge in [0.1, 0.15) is 0 Å². The molecule has 0 radical (unpaired) electrons. The van der Waals surface area contributed by atoms with Crippen LogP contribution in [0.15, 0.2) is 23.8 Å². The predicted octanol–water partition coefficient (Wildman–Crippen LogP) is 1.84. The van der Waals surface area contributed by atoms with Crippen LogP contribution in [-0.2, 0) is 9.59 Å². The van der Waals surface area contributed by atoms with Crippen molar-refractivity contribution in [3.63, 3.8) is 0 Å². The Balaban J connectivity index is 2.08. The van der Waals surface area contributed by atoms with Crippen molar-refractivity contribution in [1.82, 2.24) is 4.90 Å². The smallest absolute Gasteiger partial charge is 0.295 e. The fraction of sp³-hybridized carbons (Fsp3) is 0.538. The fourth-order valence-electron chi connectivity index (χ4n) is 2.32. The van der Waals surface area contributed by atoms with Crippen LogP contribution in [0.1, 0.15) is 32.6 Å². The highest BCUT2D eigenvalue weighted by Gasteiger charge is 2.42. The van der Waals surface area contributed by atoms with Gasteiger partial charge in [-0.1, -0.05) is 38.0 Å². The molecule has 0 aromatic rings. The fourth-order valence-corrected chi connectivity index (χ4v) is 2.32. The van der Waals surface area contributed by atoms with Crippen molar-refractivity contribution in [1.29, 1.82) is 0 Å². The van der Waals surface area contributed by atoms with Crippen molar-refractivity contribution >= 4 is 11.7 Å².